The molecule has 3 rings (SSSR count). The molecule has 1 aromatic heterocycles. The van der Waals surface area contributed by atoms with Crippen molar-refractivity contribution in [3.63, 3.8) is 0 Å². The fraction of sp³-hybridized carbons (Fsp3) is 0.500. The lowest BCUT2D eigenvalue weighted by molar-refractivity contribution is 0.0343. The fourth-order valence-electron chi connectivity index (χ4n) is 2.44. The van der Waals surface area contributed by atoms with Gasteiger partial charge in [0.1, 0.15) is 5.82 Å². The van der Waals surface area contributed by atoms with Crippen LogP contribution in [-0.4, -0.2) is 35.8 Å². The average molecular weight is 280 g/mol. The monoisotopic (exact) mass is 279 g/mol. The number of halogens is 1. The topological polar surface area (TPSA) is 49.9 Å². The molecule has 5 heteroatoms. The summed E-state index contributed by atoms with van der Waals surface area (Å²) in [6.45, 7) is 2.85. The van der Waals surface area contributed by atoms with Crippen LogP contribution in [0.25, 0.3) is 11.0 Å². The quantitative estimate of drug-likeness (QED) is 0.904. The molecule has 0 aliphatic carbocycles. The van der Waals surface area contributed by atoms with Gasteiger partial charge in [0.2, 0.25) is 0 Å². The Morgan fingerprint density at radius 2 is 2.16 bits per heavy atom. The van der Waals surface area contributed by atoms with Crippen LogP contribution < -0.4 is 5.32 Å². The molecule has 102 valence electrons. The third-order valence-electron chi connectivity index (χ3n) is 3.47. The van der Waals surface area contributed by atoms with Crippen molar-refractivity contribution in [3.05, 3.63) is 29.0 Å². The van der Waals surface area contributed by atoms with E-state index in [-0.39, 0.29) is 0 Å². The molecule has 0 radical (unpaired) electrons. The van der Waals surface area contributed by atoms with Crippen molar-refractivity contribution in [2.45, 2.75) is 25.4 Å². The highest BCUT2D eigenvalue weighted by atomic mass is 35.5. The number of aromatic nitrogens is 2. The minimum atomic E-state index is 0.403. The summed E-state index contributed by atoms with van der Waals surface area (Å²) in [4.78, 5) is 7.82. The number of aromatic amines is 1. The number of H-pyrrole nitrogens is 1. The van der Waals surface area contributed by atoms with Gasteiger partial charge in [-0.15, -0.1) is 0 Å². The lowest BCUT2D eigenvalue weighted by Crippen LogP contribution is -2.32. The van der Waals surface area contributed by atoms with E-state index in [1.807, 2.05) is 18.2 Å². The second-order valence-corrected chi connectivity index (χ2v) is 5.35. The molecule has 1 fully saturated rings. The number of fused-ring (bicyclic) bond motifs is 1. The smallest absolute Gasteiger partial charge is 0.109 e. The van der Waals surface area contributed by atoms with E-state index in [4.69, 9.17) is 16.3 Å². The highest BCUT2D eigenvalue weighted by Crippen LogP contribution is 2.17. The van der Waals surface area contributed by atoms with Crippen LogP contribution in [0.3, 0.4) is 0 Å². The molecular formula is C14H18ClN3O. The minimum Gasteiger partial charge on any atom is -0.378 e. The van der Waals surface area contributed by atoms with Gasteiger partial charge in [-0.3, -0.25) is 0 Å². The third kappa shape index (κ3) is 3.26. The molecule has 0 unspecified atom stereocenters. The molecule has 2 N–H and O–H groups in total. The second-order valence-electron chi connectivity index (χ2n) is 4.92. The van der Waals surface area contributed by atoms with Gasteiger partial charge in [-0.05, 0) is 44.1 Å². The first-order chi connectivity index (χ1) is 9.31. The standard InChI is InChI=1S/C14H18ClN3O/c15-10-1-2-12-13(9-10)18-14(17-12)5-8-19-11-3-6-16-7-4-11/h1-2,9,11,16H,3-8H2,(H,17,18). The lowest BCUT2D eigenvalue weighted by Gasteiger charge is -2.22. The van der Waals surface area contributed by atoms with Crippen LogP contribution in [0.4, 0.5) is 0 Å². The number of benzene rings is 1. The van der Waals surface area contributed by atoms with Gasteiger partial charge in [0.25, 0.3) is 0 Å². The Morgan fingerprint density at radius 1 is 1.32 bits per heavy atom. The van der Waals surface area contributed by atoms with Crippen LogP contribution in [-0.2, 0) is 11.2 Å². The van der Waals surface area contributed by atoms with Crippen molar-refractivity contribution in [1.29, 1.82) is 0 Å². The maximum atomic E-state index is 5.96. The van der Waals surface area contributed by atoms with Crippen molar-refractivity contribution < 1.29 is 4.74 Å². The SMILES string of the molecule is Clc1ccc2nc(CCOC3CCNCC3)[nH]c2c1. The predicted octanol–water partition coefficient (Wildman–Crippen LogP) is 2.53. The second kappa shape index (κ2) is 5.90. The number of hydrogen-bond donors (Lipinski definition) is 2. The largest absolute Gasteiger partial charge is 0.378 e. The Hall–Kier alpha value is -1.10. The summed E-state index contributed by atoms with van der Waals surface area (Å²) >= 11 is 5.96. The normalized spacial score (nSPS) is 17.1. The molecule has 1 aliphatic rings. The van der Waals surface area contributed by atoms with Crippen molar-refractivity contribution in [2.24, 2.45) is 0 Å². The predicted molar refractivity (Wildman–Crippen MR) is 76.7 cm³/mol. The Balaban J connectivity index is 1.56. The van der Waals surface area contributed by atoms with E-state index in [0.29, 0.717) is 6.10 Å². The first kappa shape index (κ1) is 12.9. The zero-order chi connectivity index (χ0) is 13.1. The molecular weight excluding hydrogens is 262 g/mol. The Labute approximate surface area is 117 Å². The number of imidazole rings is 1. The number of nitrogens with zero attached hydrogens (tertiary/aromatic N) is 1. The number of hydrogen-bond acceptors (Lipinski definition) is 3. The highest BCUT2D eigenvalue weighted by Gasteiger charge is 2.13. The van der Waals surface area contributed by atoms with Gasteiger partial charge in [-0.1, -0.05) is 11.6 Å². The zero-order valence-electron chi connectivity index (χ0n) is 10.8. The summed E-state index contributed by atoms with van der Waals surface area (Å²) < 4.78 is 5.88. The van der Waals surface area contributed by atoms with Crippen LogP contribution >= 0.6 is 11.6 Å². The fourth-order valence-corrected chi connectivity index (χ4v) is 2.61. The molecule has 0 saturated carbocycles. The van der Waals surface area contributed by atoms with Gasteiger partial charge in [-0.2, -0.15) is 0 Å². The first-order valence-corrected chi connectivity index (χ1v) is 7.15. The van der Waals surface area contributed by atoms with Gasteiger partial charge in [0, 0.05) is 11.4 Å². The van der Waals surface area contributed by atoms with Gasteiger partial charge < -0.3 is 15.0 Å². The van der Waals surface area contributed by atoms with Gasteiger partial charge in [-0.25, -0.2) is 4.98 Å². The van der Waals surface area contributed by atoms with Gasteiger partial charge >= 0.3 is 0 Å². The van der Waals surface area contributed by atoms with E-state index in [1.165, 1.54) is 0 Å². The van der Waals surface area contributed by atoms with Crippen LogP contribution in [0.1, 0.15) is 18.7 Å². The summed E-state index contributed by atoms with van der Waals surface area (Å²) in [5.74, 6) is 0.964. The Morgan fingerprint density at radius 3 is 3.00 bits per heavy atom. The van der Waals surface area contributed by atoms with Crippen molar-refractivity contribution in [1.82, 2.24) is 15.3 Å². The summed E-state index contributed by atoms with van der Waals surface area (Å²) in [5.41, 5.74) is 1.95. The summed E-state index contributed by atoms with van der Waals surface area (Å²) in [5, 5.41) is 4.07. The van der Waals surface area contributed by atoms with Crippen LogP contribution in [0.15, 0.2) is 18.2 Å². The number of nitrogens with one attached hydrogen (secondary N) is 2. The van der Waals surface area contributed by atoms with E-state index >= 15 is 0 Å². The van der Waals surface area contributed by atoms with Crippen molar-refractivity contribution in [3.8, 4) is 0 Å². The van der Waals surface area contributed by atoms with Crippen molar-refractivity contribution >= 4 is 22.6 Å². The summed E-state index contributed by atoms with van der Waals surface area (Å²) in [7, 11) is 0. The van der Waals surface area contributed by atoms with Crippen LogP contribution in [0.2, 0.25) is 5.02 Å². The first-order valence-electron chi connectivity index (χ1n) is 6.78. The Kier molecular flexibility index (Phi) is 4.01. The number of ether oxygens (including phenoxy) is 1. The van der Waals surface area contributed by atoms with Crippen molar-refractivity contribution in [2.75, 3.05) is 19.7 Å². The zero-order valence-corrected chi connectivity index (χ0v) is 11.5. The molecule has 0 amide bonds. The summed E-state index contributed by atoms with van der Waals surface area (Å²) in [6.07, 6.45) is 3.43. The molecule has 0 spiro atoms. The van der Waals surface area contributed by atoms with Crippen LogP contribution in [0.5, 0.6) is 0 Å². The third-order valence-corrected chi connectivity index (χ3v) is 3.71. The summed E-state index contributed by atoms with van der Waals surface area (Å²) in [6, 6.07) is 5.70. The van der Waals surface area contributed by atoms with Gasteiger partial charge in [0.05, 0.1) is 23.7 Å². The molecule has 2 aromatic rings. The Bertz CT molecular complexity index is 549. The van der Waals surface area contributed by atoms with E-state index in [0.717, 1.165) is 60.8 Å². The number of piperidine rings is 1. The van der Waals surface area contributed by atoms with Gasteiger partial charge in [0.15, 0.2) is 0 Å². The molecule has 1 aliphatic heterocycles. The minimum absolute atomic E-state index is 0.403. The molecule has 19 heavy (non-hydrogen) atoms. The maximum absolute atomic E-state index is 5.96. The number of rotatable bonds is 4. The maximum Gasteiger partial charge on any atom is 0.109 e. The van der Waals surface area contributed by atoms with E-state index in [9.17, 15) is 0 Å². The van der Waals surface area contributed by atoms with Crippen LogP contribution in [0, 0.1) is 0 Å². The van der Waals surface area contributed by atoms with E-state index < -0.39 is 0 Å². The molecule has 0 atom stereocenters. The molecule has 2 heterocycles. The molecule has 4 nitrogen and oxygen atoms in total. The average Bonchev–Trinajstić information content (AvgIpc) is 2.82. The lowest BCUT2D eigenvalue weighted by atomic mass is 10.1. The molecule has 1 aromatic carbocycles. The van der Waals surface area contributed by atoms with E-state index in [1.54, 1.807) is 0 Å². The molecule has 1 saturated heterocycles. The highest BCUT2D eigenvalue weighted by molar-refractivity contribution is 6.31. The van der Waals surface area contributed by atoms with E-state index in [2.05, 4.69) is 15.3 Å². The molecule has 0 bridgehead atoms.